The van der Waals surface area contributed by atoms with Gasteiger partial charge in [-0.15, -0.1) is 0 Å². The topological polar surface area (TPSA) is 62.8 Å². The molecule has 0 N–H and O–H groups in total. The van der Waals surface area contributed by atoms with Crippen LogP contribution in [0.15, 0.2) is 27.4 Å². The first-order valence-electron chi connectivity index (χ1n) is 7.87. The Bertz CT molecular complexity index is 801. The molecule has 6 nitrogen and oxygen atoms in total. The zero-order valence-corrected chi connectivity index (χ0v) is 13.8. The third-order valence-corrected chi connectivity index (χ3v) is 5.15. The highest BCUT2D eigenvalue weighted by molar-refractivity contribution is 6.62. The number of rotatable bonds is 2. The first-order chi connectivity index (χ1) is 10.8. The van der Waals surface area contributed by atoms with Crippen LogP contribution in [0.2, 0.25) is 0 Å². The molecule has 2 aromatic rings. The van der Waals surface area contributed by atoms with Gasteiger partial charge in [0.25, 0.3) is 0 Å². The van der Waals surface area contributed by atoms with Crippen molar-refractivity contribution in [3.05, 3.63) is 28.7 Å². The lowest BCUT2D eigenvalue weighted by Gasteiger charge is -2.32. The molecule has 0 atom stereocenters. The van der Waals surface area contributed by atoms with Crippen LogP contribution < -0.4 is 11.2 Å². The van der Waals surface area contributed by atoms with E-state index in [1.807, 2.05) is 39.8 Å². The van der Waals surface area contributed by atoms with Crippen molar-refractivity contribution in [2.24, 2.45) is 0 Å². The molecule has 2 aliphatic heterocycles. The molecule has 7 heteroatoms. The molecule has 1 aromatic heterocycles. The summed E-state index contributed by atoms with van der Waals surface area (Å²) in [7, 11) is -0.458. The predicted octanol–water partition coefficient (Wildman–Crippen LogP) is 1.46. The van der Waals surface area contributed by atoms with Crippen molar-refractivity contribution in [1.82, 2.24) is 4.57 Å². The third kappa shape index (κ3) is 2.18. The van der Waals surface area contributed by atoms with Crippen LogP contribution >= 0.6 is 0 Å². The number of fused-ring (bicyclic) bond motifs is 1. The molecular formula is C16H20BNO5. The van der Waals surface area contributed by atoms with E-state index < -0.39 is 18.3 Å². The Labute approximate surface area is 134 Å². The molecule has 122 valence electrons. The molecule has 0 amide bonds. The van der Waals surface area contributed by atoms with Crippen LogP contribution in [0.3, 0.4) is 0 Å². The van der Waals surface area contributed by atoms with Gasteiger partial charge in [-0.2, -0.15) is 0 Å². The summed E-state index contributed by atoms with van der Waals surface area (Å²) in [6.07, 6.45) is 0. The summed E-state index contributed by atoms with van der Waals surface area (Å²) in [5.41, 5.74) is 1.42. The minimum Gasteiger partial charge on any atom is -0.408 e. The number of benzene rings is 1. The van der Waals surface area contributed by atoms with E-state index in [9.17, 15) is 4.79 Å². The standard InChI is InChI=1S/C16H20BNO5/c1-15(2)16(3,4)23-17(22-15)10-5-6-13-12(7-10)18(14(19)21-13)11-8-20-9-11/h5-7,11H,8-9H2,1-4H3. The van der Waals surface area contributed by atoms with E-state index in [0.717, 1.165) is 11.0 Å². The molecule has 0 unspecified atom stereocenters. The molecular weight excluding hydrogens is 297 g/mol. The maximum atomic E-state index is 12.1. The fourth-order valence-corrected chi connectivity index (χ4v) is 2.89. The molecule has 0 bridgehead atoms. The normalized spacial score (nSPS) is 23.4. The van der Waals surface area contributed by atoms with Crippen LogP contribution in [0.4, 0.5) is 0 Å². The van der Waals surface area contributed by atoms with Gasteiger partial charge in [-0.1, -0.05) is 6.07 Å². The van der Waals surface area contributed by atoms with Gasteiger partial charge in [-0.3, -0.25) is 4.57 Å². The number of nitrogens with zero attached hydrogens (tertiary/aromatic N) is 1. The molecule has 0 spiro atoms. The second-order valence-electron chi connectivity index (χ2n) is 7.24. The summed E-state index contributed by atoms with van der Waals surface area (Å²) in [6, 6.07) is 5.64. The molecule has 3 heterocycles. The summed E-state index contributed by atoms with van der Waals surface area (Å²) in [5.74, 6) is -0.348. The highest BCUT2D eigenvalue weighted by atomic mass is 16.7. The molecule has 2 aliphatic rings. The van der Waals surface area contributed by atoms with Crippen molar-refractivity contribution in [2.75, 3.05) is 13.2 Å². The van der Waals surface area contributed by atoms with Crippen molar-refractivity contribution >= 4 is 23.7 Å². The van der Waals surface area contributed by atoms with Gasteiger partial charge in [0.15, 0.2) is 5.58 Å². The Morgan fingerprint density at radius 1 is 1.13 bits per heavy atom. The van der Waals surface area contributed by atoms with Gasteiger partial charge in [-0.05, 0) is 45.3 Å². The van der Waals surface area contributed by atoms with E-state index in [1.54, 1.807) is 10.6 Å². The average molecular weight is 317 g/mol. The van der Waals surface area contributed by atoms with Crippen molar-refractivity contribution in [2.45, 2.75) is 44.9 Å². The van der Waals surface area contributed by atoms with E-state index in [-0.39, 0.29) is 11.8 Å². The quantitative estimate of drug-likeness (QED) is 0.785. The summed E-state index contributed by atoms with van der Waals surface area (Å²) in [5, 5.41) is 0. The van der Waals surface area contributed by atoms with Crippen LogP contribution in [0.1, 0.15) is 33.7 Å². The monoisotopic (exact) mass is 317 g/mol. The Hall–Kier alpha value is -1.57. The second-order valence-corrected chi connectivity index (χ2v) is 7.24. The molecule has 2 fully saturated rings. The highest BCUT2D eigenvalue weighted by Gasteiger charge is 2.51. The molecule has 23 heavy (non-hydrogen) atoms. The van der Waals surface area contributed by atoms with Crippen LogP contribution in [0.25, 0.3) is 11.1 Å². The molecule has 0 aliphatic carbocycles. The van der Waals surface area contributed by atoms with Crippen LogP contribution in [-0.4, -0.2) is 36.1 Å². The summed E-state index contributed by atoms with van der Waals surface area (Å²) in [6.45, 7) is 9.15. The van der Waals surface area contributed by atoms with Gasteiger partial charge in [0.1, 0.15) is 0 Å². The number of aromatic nitrogens is 1. The minimum atomic E-state index is -0.458. The van der Waals surface area contributed by atoms with Gasteiger partial charge >= 0.3 is 12.9 Å². The predicted molar refractivity (Wildman–Crippen MR) is 86.0 cm³/mol. The summed E-state index contributed by atoms with van der Waals surface area (Å²) < 4.78 is 24.3. The molecule has 0 radical (unpaired) electrons. The van der Waals surface area contributed by atoms with Crippen LogP contribution in [0.5, 0.6) is 0 Å². The lowest BCUT2D eigenvalue weighted by molar-refractivity contribution is -0.0242. The fraction of sp³-hybridized carbons (Fsp3) is 0.562. The largest absolute Gasteiger partial charge is 0.494 e. The highest BCUT2D eigenvalue weighted by Crippen LogP contribution is 2.36. The lowest BCUT2D eigenvalue weighted by atomic mass is 9.79. The van der Waals surface area contributed by atoms with Gasteiger partial charge < -0.3 is 18.5 Å². The number of hydrogen-bond acceptors (Lipinski definition) is 5. The van der Waals surface area contributed by atoms with Crippen LogP contribution in [0, 0.1) is 0 Å². The first-order valence-corrected chi connectivity index (χ1v) is 7.87. The Balaban J connectivity index is 1.76. The first kappa shape index (κ1) is 15.0. The zero-order chi connectivity index (χ0) is 16.4. The molecule has 0 saturated carbocycles. The van der Waals surface area contributed by atoms with Gasteiger partial charge in [0.2, 0.25) is 0 Å². The van der Waals surface area contributed by atoms with E-state index in [0.29, 0.717) is 18.8 Å². The van der Waals surface area contributed by atoms with E-state index in [1.165, 1.54) is 0 Å². The van der Waals surface area contributed by atoms with Crippen molar-refractivity contribution in [3.63, 3.8) is 0 Å². The SMILES string of the molecule is CC1(C)OB(c2ccc3oc(=O)n(C4COC4)c3c2)OC1(C)C. The van der Waals surface area contributed by atoms with E-state index in [4.69, 9.17) is 18.5 Å². The smallest absolute Gasteiger partial charge is 0.408 e. The maximum absolute atomic E-state index is 12.1. The molecule has 4 rings (SSSR count). The summed E-state index contributed by atoms with van der Waals surface area (Å²) in [4.78, 5) is 12.1. The molecule has 1 aromatic carbocycles. The van der Waals surface area contributed by atoms with E-state index >= 15 is 0 Å². The summed E-state index contributed by atoms with van der Waals surface area (Å²) >= 11 is 0. The second kappa shape index (κ2) is 4.72. The van der Waals surface area contributed by atoms with Crippen molar-refractivity contribution < 1.29 is 18.5 Å². The number of ether oxygens (including phenoxy) is 1. The van der Waals surface area contributed by atoms with Crippen molar-refractivity contribution in [3.8, 4) is 0 Å². The average Bonchev–Trinajstić information content (AvgIpc) is 2.82. The van der Waals surface area contributed by atoms with Gasteiger partial charge in [0.05, 0.1) is 36.0 Å². The third-order valence-electron chi connectivity index (χ3n) is 5.15. The van der Waals surface area contributed by atoms with Gasteiger partial charge in [-0.25, -0.2) is 4.79 Å². The maximum Gasteiger partial charge on any atom is 0.494 e. The van der Waals surface area contributed by atoms with Gasteiger partial charge in [0, 0.05) is 0 Å². The van der Waals surface area contributed by atoms with Crippen molar-refractivity contribution in [1.29, 1.82) is 0 Å². The lowest BCUT2D eigenvalue weighted by Crippen LogP contribution is -2.41. The fourth-order valence-electron chi connectivity index (χ4n) is 2.89. The number of hydrogen-bond donors (Lipinski definition) is 0. The van der Waals surface area contributed by atoms with E-state index in [2.05, 4.69) is 0 Å². The van der Waals surface area contributed by atoms with Crippen LogP contribution in [-0.2, 0) is 14.0 Å². The minimum absolute atomic E-state index is 0.0392. The Morgan fingerprint density at radius 3 is 2.35 bits per heavy atom. The Kier molecular flexibility index (Phi) is 3.08. The zero-order valence-electron chi connectivity index (χ0n) is 13.8. The Morgan fingerprint density at radius 2 is 1.78 bits per heavy atom. The number of oxazole rings is 1. The molecule has 2 saturated heterocycles.